The van der Waals surface area contributed by atoms with Crippen LogP contribution in [-0.4, -0.2) is 16.0 Å². The average Bonchev–Trinajstić information content (AvgIpc) is 3.28. The number of nitrogens with zero attached hydrogens (tertiary/aromatic N) is 2. The first-order valence-electron chi connectivity index (χ1n) is 8.75. The van der Waals surface area contributed by atoms with E-state index in [1.165, 1.54) is 18.2 Å². The molecule has 28 heavy (non-hydrogen) atoms. The molecular weight excluding hydrogens is 361 g/mol. The molecule has 0 bridgehead atoms. The monoisotopic (exact) mass is 379 g/mol. The third-order valence-electron chi connectivity index (χ3n) is 4.14. The van der Waals surface area contributed by atoms with Crippen molar-refractivity contribution in [3.63, 3.8) is 0 Å². The summed E-state index contributed by atoms with van der Waals surface area (Å²) in [5, 5.41) is 6.59. The third-order valence-corrected chi connectivity index (χ3v) is 4.14. The van der Waals surface area contributed by atoms with Gasteiger partial charge in [-0.1, -0.05) is 38.1 Å². The van der Waals surface area contributed by atoms with E-state index in [9.17, 15) is 9.18 Å². The average molecular weight is 379 g/mol. The van der Waals surface area contributed by atoms with Gasteiger partial charge in [0.2, 0.25) is 11.7 Å². The number of anilines is 1. The van der Waals surface area contributed by atoms with E-state index in [1.807, 2.05) is 20.8 Å². The molecule has 0 saturated heterocycles. The zero-order valence-corrected chi connectivity index (χ0v) is 15.6. The Bertz CT molecular complexity index is 1170. The largest absolute Gasteiger partial charge is 0.440 e. The van der Waals surface area contributed by atoms with Gasteiger partial charge in [-0.05, 0) is 30.3 Å². The molecule has 4 aromatic rings. The van der Waals surface area contributed by atoms with Crippen LogP contribution in [0.4, 0.5) is 10.1 Å². The van der Waals surface area contributed by atoms with E-state index in [2.05, 4.69) is 15.5 Å². The minimum Gasteiger partial charge on any atom is -0.440 e. The van der Waals surface area contributed by atoms with Gasteiger partial charge >= 0.3 is 0 Å². The van der Waals surface area contributed by atoms with Crippen molar-refractivity contribution < 1.29 is 18.1 Å². The fourth-order valence-electron chi connectivity index (χ4n) is 2.68. The smallest absolute Gasteiger partial charge is 0.294 e. The molecule has 7 heteroatoms. The molecule has 0 atom stereocenters. The topological polar surface area (TPSA) is 81.2 Å². The number of carbonyl (C=O) groups is 1. The fourth-order valence-corrected chi connectivity index (χ4v) is 2.68. The molecule has 0 unspecified atom stereocenters. The van der Waals surface area contributed by atoms with Crippen LogP contribution in [0.15, 0.2) is 57.5 Å². The van der Waals surface area contributed by atoms with Gasteiger partial charge in [0, 0.05) is 22.7 Å². The summed E-state index contributed by atoms with van der Waals surface area (Å²) in [4.78, 5) is 17.0. The second-order valence-electron chi connectivity index (χ2n) is 7.49. The summed E-state index contributed by atoms with van der Waals surface area (Å²) >= 11 is 0. The summed E-state index contributed by atoms with van der Waals surface area (Å²) in [6.07, 6.45) is 0. The first kappa shape index (κ1) is 17.9. The Labute approximate surface area is 160 Å². The molecular formula is C21H18FN3O3. The Morgan fingerprint density at radius 1 is 1.11 bits per heavy atom. The molecule has 2 heterocycles. The summed E-state index contributed by atoms with van der Waals surface area (Å²) in [6.45, 7) is 6.04. The van der Waals surface area contributed by atoms with Crippen LogP contribution in [0.5, 0.6) is 0 Å². The number of hydrogen-bond donors (Lipinski definition) is 1. The molecule has 0 aliphatic heterocycles. The van der Waals surface area contributed by atoms with Crippen molar-refractivity contribution in [2.24, 2.45) is 0 Å². The van der Waals surface area contributed by atoms with Crippen LogP contribution in [0.3, 0.4) is 0 Å². The molecule has 0 fully saturated rings. The molecule has 2 aromatic heterocycles. The summed E-state index contributed by atoms with van der Waals surface area (Å²) in [6, 6.07) is 12.6. The quantitative estimate of drug-likeness (QED) is 0.531. The van der Waals surface area contributed by atoms with Crippen molar-refractivity contribution >= 4 is 22.7 Å². The standard InChI is InChI=1S/C21H18FN3O3/c1-21(2,3)20-24-16-10-14(7-8-17(16)27-20)23-19(26)18-11-15(25-28-18)12-5-4-6-13(22)9-12/h4-11H,1-3H3,(H,23,26). The number of aromatic nitrogens is 2. The fraction of sp³-hybridized carbons (Fsp3) is 0.190. The van der Waals surface area contributed by atoms with E-state index in [0.29, 0.717) is 33.9 Å². The Hall–Kier alpha value is -3.48. The summed E-state index contributed by atoms with van der Waals surface area (Å²) in [5.41, 5.74) is 2.55. The van der Waals surface area contributed by atoms with Crippen molar-refractivity contribution in [1.82, 2.24) is 10.1 Å². The normalized spacial score (nSPS) is 11.7. The SMILES string of the molecule is CC(C)(C)c1nc2cc(NC(=O)c3cc(-c4cccc(F)c4)no3)ccc2o1. The second kappa shape index (κ2) is 6.60. The summed E-state index contributed by atoms with van der Waals surface area (Å²) < 4.78 is 24.2. The van der Waals surface area contributed by atoms with E-state index in [4.69, 9.17) is 8.94 Å². The van der Waals surface area contributed by atoms with E-state index in [-0.39, 0.29) is 17.0 Å². The van der Waals surface area contributed by atoms with Gasteiger partial charge in [-0.3, -0.25) is 4.79 Å². The van der Waals surface area contributed by atoms with Crippen molar-refractivity contribution in [3.05, 3.63) is 66.0 Å². The maximum Gasteiger partial charge on any atom is 0.294 e. The van der Waals surface area contributed by atoms with Crippen LogP contribution in [0.2, 0.25) is 0 Å². The summed E-state index contributed by atoms with van der Waals surface area (Å²) in [5.74, 6) is -0.202. The predicted octanol–water partition coefficient (Wildman–Crippen LogP) is 5.17. The first-order valence-corrected chi connectivity index (χ1v) is 8.75. The van der Waals surface area contributed by atoms with Gasteiger partial charge in [0.1, 0.15) is 17.0 Å². The predicted molar refractivity (Wildman–Crippen MR) is 103 cm³/mol. The molecule has 0 aliphatic carbocycles. The highest BCUT2D eigenvalue weighted by molar-refractivity contribution is 6.03. The van der Waals surface area contributed by atoms with Crippen LogP contribution in [0.25, 0.3) is 22.4 Å². The number of oxazole rings is 1. The van der Waals surface area contributed by atoms with E-state index < -0.39 is 5.91 Å². The van der Waals surface area contributed by atoms with Crippen LogP contribution < -0.4 is 5.32 Å². The molecule has 142 valence electrons. The van der Waals surface area contributed by atoms with Gasteiger partial charge in [0.05, 0.1) is 0 Å². The third kappa shape index (κ3) is 3.51. The molecule has 4 rings (SSSR count). The van der Waals surface area contributed by atoms with Gasteiger partial charge in [0.15, 0.2) is 5.58 Å². The highest BCUT2D eigenvalue weighted by Crippen LogP contribution is 2.27. The minimum absolute atomic E-state index is 0.0230. The van der Waals surface area contributed by atoms with Crippen LogP contribution in [0.1, 0.15) is 37.2 Å². The number of rotatable bonds is 3. The lowest BCUT2D eigenvalue weighted by molar-refractivity contribution is 0.0988. The molecule has 0 saturated carbocycles. The minimum atomic E-state index is -0.464. The number of hydrogen-bond acceptors (Lipinski definition) is 5. The Morgan fingerprint density at radius 2 is 1.93 bits per heavy atom. The number of nitrogens with one attached hydrogen (secondary N) is 1. The van der Waals surface area contributed by atoms with Gasteiger partial charge in [0.25, 0.3) is 5.91 Å². The lowest BCUT2D eigenvalue weighted by atomic mass is 9.97. The van der Waals surface area contributed by atoms with E-state index in [0.717, 1.165) is 0 Å². The summed E-state index contributed by atoms with van der Waals surface area (Å²) in [7, 11) is 0. The van der Waals surface area contributed by atoms with Crippen LogP contribution in [0, 0.1) is 5.82 Å². The molecule has 0 aliphatic rings. The molecule has 0 spiro atoms. The maximum atomic E-state index is 13.4. The highest BCUT2D eigenvalue weighted by atomic mass is 19.1. The van der Waals surface area contributed by atoms with Crippen molar-refractivity contribution in [2.75, 3.05) is 5.32 Å². The maximum absolute atomic E-state index is 13.4. The number of amides is 1. The lowest BCUT2D eigenvalue weighted by Gasteiger charge is -2.11. The van der Waals surface area contributed by atoms with Crippen LogP contribution in [-0.2, 0) is 5.41 Å². The Morgan fingerprint density at radius 3 is 2.68 bits per heavy atom. The Balaban J connectivity index is 1.55. The molecule has 0 radical (unpaired) electrons. The van der Waals surface area contributed by atoms with Gasteiger partial charge < -0.3 is 14.3 Å². The van der Waals surface area contributed by atoms with Crippen LogP contribution >= 0.6 is 0 Å². The van der Waals surface area contributed by atoms with Gasteiger partial charge in [-0.25, -0.2) is 9.37 Å². The Kier molecular flexibility index (Phi) is 4.22. The number of fused-ring (bicyclic) bond motifs is 1. The molecule has 1 N–H and O–H groups in total. The number of halogens is 1. The molecule has 2 aromatic carbocycles. The van der Waals surface area contributed by atoms with Crippen molar-refractivity contribution in [3.8, 4) is 11.3 Å². The van der Waals surface area contributed by atoms with Gasteiger partial charge in [-0.15, -0.1) is 0 Å². The second-order valence-corrected chi connectivity index (χ2v) is 7.49. The zero-order chi connectivity index (χ0) is 19.9. The van der Waals surface area contributed by atoms with Gasteiger partial charge in [-0.2, -0.15) is 0 Å². The number of benzene rings is 2. The van der Waals surface area contributed by atoms with Crippen molar-refractivity contribution in [1.29, 1.82) is 0 Å². The number of carbonyl (C=O) groups excluding carboxylic acids is 1. The van der Waals surface area contributed by atoms with E-state index in [1.54, 1.807) is 30.3 Å². The lowest BCUT2D eigenvalue weighted by Crippen LogP contribution is -2.11. The first-order chi connectivity index (χ1) is 13.3. The van der Waals surface area contributed by atoms with Crippen molar-refractivity contribution in [2.45, 2.75) is 26.2 Å². The van der Waals surface area contributed by atoms with E-state index >= 15 is 0 Å². The molecule has 1 amide bonds. The zero-order valence-electron chi connectivity index (χ0n) is 15.6. The highest BCUT2D eigenvalue weighted by Gasteiger charge is 2.21. The molecule has 6 nitrogen and oxygen atoms in total.